The van der Waals surface area contributed by atoms with Crippen molar-refractivity contribution in [3.63, 3.8) is 0 Å². The van der Waals surface area contributed by atoms with Crippen LogP contribution in [0.2, 0.25) is 0 Å². The number of hydrogen-bond donors (Lipinski definition) is 1. The van der Waals surface area contributed by atoms with E-state index < -0.39 is 5.97 Å². The van der Waals surface area contributed by atoms with E-state index in [1.165, 1.54) is 0 Å². The van der Waals surface area contributed by atoms with E-state index >= 15 is 0 Å². The summed E-state index contributed by atoms with van der Waals surface area (Å²) < 4.78 is 0. The first-order valence-electron chi connectivity index (χ1n) is 5.41. The molecule has 1 rings (SSSR count). The molecule has 0 aromatic heterocycles. The fraction of sp³-hybridized carbons (Fsp3) is 0.214. The SMILES string of the molecule is C=CCN(CC=C)c1cccc(C(=O)O)c1C. The maximum Gasteiger partial charge on any atom is 0.336 e. The second-order valence-corrected chi connectivity index (χ2v) is 3.74. The lowest BCUT2D eigenvalue weighted by atomic mass is 10.1. The standard InChI is InChI=1S/C14H17NO2/c1-4-9-15(10-5-2)13-8-6-7-12(11(13)3)14(16)17/h4-8H,1-2,9-10H2,3H3,(H,16,17). The number of carboxylic acid groups (broad SMARTS) is 1. The molecule has 1 aromatic carbocycles. The van der Waals surface area contributed by atoms with Crippen LogP contribution in [0.5, 0.6) is 0 Å². The zero-order valence-electron chi connectivity index (χ0n) is 10.0. The van der Waals surface area contributed by atoms with Gasteiger partial charge >= 0.3 is 5.97 Å². The van der Waals surface area contributed by atoms with Crippen molar-refractivity contribution in [3.8, 4) is 0 Å². The van der Waals surface area contributed by atoms with Gasteiger partial charge in [-0.25, -0.2) is 4.79 Å². The van der Waals surface area contributed by atoms with Gasteiger partial charge in [-0.1, -0.05) is 18.2 Å². The fourth-order valence-corrected chi connectivity index (χ4v) is 1.78. The minimum atomic E-state index is -0.901. The molecule has 0 aliphatic heterocycles. The lowest BCUT2D eigenvalue weighted by molar-refractivity contribution is 0.0696. The van der Waals surface area contributed by atoms with Crippen molar-refractivity contribution >= 4 is 11.7 Å². The van der Waals surface area contributed by atoms with Gasteiger partial charge in [0.05, 0.1) is 5.56 Å². The second-order valence-electron chi connectivity index (χ2n) is 3.74. The Hall–Kier alpha value is -2.03. The summed E-state index contributed by atoms with van der Waals surface area (Å²) >= 11 is 0. The lowest BCUT2D eigenvalue weighted by Crippen LogP contribution is -2.24. The highest BCUT2D eigenvalue weighted by molar-refractivity contribution is 5.91. The maximum atomic E-state index is 11.1. The molecule has 0 spiro atoms. The van der Waals surface area contributed by atoms with Crippen LogP contribution in [0.4, 0.5) is 5.69 Å². The van der Waals surface area contributed by atoms with Crippen LogP contribution in [0, 0.1) is 6.92 Å². The smallest absolute Gasteiger partial charge is 0.336 e. The Morgan fingerprint density at radius 3 is 2.41 bits per heavy atom. The molecule has 17 heavy (non-hydrogen) atoms. The number of benzene rings is 1. The van der Waals surface area contributed by atoms with Crippen LogP contribution in [0.1, 0.15) is 15.9 Å². The van der Waals surface area contributed by atoms with Crippen LogP contribution >= 0.6 is 0 Å². The van der Waals surface area contributed by atoms with Crippen molar-refractivity contribution in [1.82, 2.24) is 0 Å². The predicted octanol–water partition coefficient (Wildman–Crippen LogP) is 2.87. The van der Waals surface area contributed by atoms with Crippen LogP contribution in [-0.4, -0.2) is 24.2 Å². The maximum absolute atomic E-state index is 11.1. The lowest BCUT2D eigenvalue weighted by Gasteiger charge is -2.24. The molecular weight excluding hydrogens is 214 g/mol. The monoisotopic (exact) mass is 231 g/mol. The van der Waals surface area contributed by atoms with Gasteiger partial charge in [-0.2, -0.15) is 0 Å². The summed E-state index contributed by atoms with van der Waals surface area (Å²) in [6.45, 7) is 10.5. The van der Waals surface area contributed by atoms with Gasteiger partial charge in [0.2, 0.25) is 0 Å². The van der Waals surface area contributed by atoms with Gasteiger partial charge in [0.1, 0.15) is 0 Å². The molecule has 1 aromatic rings. The van der Waals surface area contributed by atoms with E-state index in [2.05, 4.69) is 13.2 Å². The quantitative estimate of drug-likeness (QED) is 0.765. The first kappa shape index (κ1) is 13.0. The number of hydrogen-bond acceptors (Lipinski definition) is 2. The van der Waals surface area contributed by atoms with Gasteiger partial charge < -0.3 is 10.0 Å². The highest BCUT2D eigenvalue weighted by atomic mass is 16.4. The third-order valence-electron chi connectivity index (χ3n) is 2.58. The molecule has 0 heterocycles. The minimum Gasteiger partial charge on any atom is -0.478 e. The largest absolute Gasteiger partial charge is 0.478 e. The molecule has 0 atom stereocenters. The van der Waals surface area contributed by atoms with E-state index in [-0.39, 0.29) is 0 Å². The Balaban J connectivity index is 3.18. The van der Waals surface area contributed by atoms with Crippen LogP contribution in [0.3, 0.4) is 0 Å². The van der Waals surface area contributed by atoms with Crippen molar-refractivity contribution in [1.29, 1.82) is 0 Å². The topological polar surface area (TPSA) is 40.5 Å². The summed E-state index contributed by atoms with van der Waals surface area (Å²) in [5.41, 5.74) is 2.01. The summed E-state index contributed by atoms with van der Waals surface area (Å²) in [4.78, 5) is 13.1. The molecular formula is C14H17NO2. The van der Waals surface area contributed by atoms with E-state index in [0.717, 1.165) is 11.3 Å². The Kier molecular flexibility index (Phi) is 4.52. The molecule has 0 radical (unpaired) electrons. The molecule has 1 N–H and O–H groups in total. The normalized spacial score (nSPS) is 9.71. The first-order chi connectivity index (χ1) is 8.11. The summed E-state index contributed by atoms with van der Waals surface area (Å²) in [5.74, 6) is -0.901. The third kappa shape index (κ3) is 2.97. The fourth-order valence-electron chi connectivity index (χ4n) is 1.78. The minimum absolute atomic E-state index is 0.334. The Labute approximate surface area is 102 Å². The molecule has 90 valence electrons. The van der Waals surface area contributed by atoms with Crippen LogP contribution < -0.4 is 4.90 Å². The van der Waals surface area contributed by atoms with Crippen LogP contribution in [0.25, 0.3) is 0 Å². The Morgan fingerprint density at radius 1 is 1.35 bits per heavy atom. The number of anilines is 1. The average Bonchev–Trinajstić information content (AvgIpc) is 2.29. The molecule has 0 fully saturated rings. The molecule has 0 aliphatic carbocycles. The van der Waals surface area contributed by atoms with Gasteiger partial charge in [0.15, 0.2) is 0 Å². The van der Waals surface area contributed by atoms with Gasteiger partial charge in [-0.05, 0) is 24.6 Å². The molecule has 0 aliphatic rings. The number of carbonyl (C=O) groups is 1. The van der Waals surface area contributed by atoms with Gasteiger partial charge in [-0.15, -0.1) is 13.2 Å². The second kappa shape index (κ2) is 5.89. The summed E-state index contributed by atoms with van der Waals surface area (Å²) in [5, 5.41) is 9.07. The van der Waals surface area contributed by atoms with Crippen LogP contribution in [-0.2, 0) is 0 Å². The number of rotatable bonds is 6. The molecule has 0 unspecified atom stereocenters. The number of aromatic carboxylic acids is 1. The first-order valence-corrected chi connectivity index (χ1v) is 5.41. The highest BCUT2D eigenvalue weighted by Crippen LogP contribution is 2.23. The summed E-state index contributed by atoms with van der Waals surface area (Å²) in [7, 11) is 0. The summed E-state index contributed by atoms with van der Waals surface area (Å²) in [6.07, 6.45) is 3.58. The zero-order valence-corrected chi connectivity index (χ0v) is 10.0. The zero-order chi connectivity index (χ0) is 12.8. The predicted molar refractivity (Wildman–Crippen MR) is 70.7 cm³/mol. The Bertz CT molecular complexity index is 428. The molecule has 3 heteroatoms. The van der Waals surface area contributed by atoms with E-state index in [9.17, 15) is 4.79 Å². The number of carboxylic acids is 1. The Morgan fingerprint density at radius 2 is 1.94 bits per heavy atom. The molecule has 0 amide bonds. The molecule has 3 nitrogen and oxygen atoms in total. The third-order valence-corrected chi connectivity index (χ3v) is 2.58. The van der Waals surface area contributed by atoms with Crippen molar-refractivity contribution in [3.05, 3.63) is 54.6 Å². The van der Waals surface area contributed by atoms with Crippen molar-refractivity contribution < 1.29 is 9.90 Å². The van der Waals surface area contributed by atoms with Gasteiger partial charge in [-0.3, -0.25) is 0 Å². The van der Waals surface area contributed by atoms with Crippen molar-refractivity contribution in [2.45, 2.75) is 6.92 Å². The van der Waals surface area contributed by atoms with E-state index in [4.69, 9.17) is 5.11 Å². The van der Waals surface area contributed by atoms with E-state index in [1.54, 1.807) is 24.3 Å². The molecule has 0 saturated carbocycles. The van der Waals surface area contributed by atoms with Gasteiger partial charge in [0, 0.05) is 18.8 Å². The van der Waals surface area contributed by atoms with E-state index in [0.29, 0.717) is 18.7 Å². The van der Waals surface area contributed by atoms with E-state index in [1.807, 2.05) is 17.9 Å². The van der Waals surface area contributed by atoms with Gasteiger partial charge in [0.25, 0.3) is 0 Å². The molecule has 0 bridgehead atoms. The van der Waals surface area contributed by atoms with Crippen molar-refractivity contribution in [2.24, 2.45) is 0 Å². The highest BCUT2D eigenvalue weighted by Gasteiger charge is 2.13. The number of nitrogens with zero attached hydrogens (tertiary/aromatic N) is 1. The van der Waals surface area contributed by atoms with Crippen LogP contribution in [0.15, 0.2) is 43.5 Å². The average molecular weight is 231 g/mol. The van der Waals surface area contributed by atoms with Crippen molar-refractivity contribution in [2.75, 3.05) is 18.0 Å². The summed E-state index contributed by atoms with van der Waals surface area (Å²) in [6, 6.07) is 5.28. The molecule has 0 saturated heterocycles.